The van der Waals surface area contributed by atoms with Crippen LogP contribution in [-0.4, -0.2) is 63.1 Å². The van der Waals surface area contributed by atoms with Crippen molar-refractivity contribution in [3.63, 3.8) is 0 Å². The predicted molar refractivity (Wildman–Crippen MR) is 122 cm³/mol. The fourth-order valence-electron chi connectivity index (χ4n) is 5.83. The molecular formula is C24H32N2O5S. The quantitative estimate of drug-likeness (QED) is 0.433. The number of unbranched alkanes of at least 4 members (excludes halogenated alkanes) is 1. The highest BCUT2D eigenvalue weighted by Gasteiger charge is 2.77. The van der Waals surface area contributed by atoms with E-state index in [0.717, 1.165) is 18.4 Å². The summed E-state index contributed by atoms with van der Waals surface area (Å²) in [5.41, 5.74) is 0.991. The van der Waals surface area contributed by atoms with Crippen LogP contribution >= 0.6 is 11.8 Å². The predicted octanol–water partition coefficient (Wildman–Crippen LogP) is 2.12. The number of amides is 2. The second kappa shape index (κ2) is 9.06. The van der Waals surface area contributed by atoms with Gasteiger partial charge in [-0.1, -0.05) is 30.3 Å². The third kappa shape index (κ3) is 3.71. The normalized spacial score (nSPS) is 32.8. The van der Waals surface area contributed by atoms with Gasteiger partial charge in [0.25, 0.3) is 0 Å². The number of carbonyl (C=O) groups excluding carboxylic acids is 3. The SMILES string of the molecule is CCOC(=O)[C@@H]1[C@H]2C(=O)N(CCCCO)C(C(=O)NCc3ccccc3)C23CC[C@@]1(C)S3. The maximum Gasteiger partial charge on any atom is 0.311 e. The Hall–Kier alpha value is -2.06. The molecule has 7 nitrogen and oxygen atoms in total. The molecule has 8 heteroatoms. The molecule has 0 radical (unpaired) electrons. The Kier molecular flexibility index (Phi) is 6.54. The number of hydrogen-bond donors (Lipinski definition) is 2. The fourth-order valence-corrected chi connectivity index (χ4v) is 8.18. The summed E-state index contributed by atoms with van der Waals surface area (Å²) in [5, 5.41) is 12.3. The van der Waals surface area contributed by atoms with E-state index in [0.29, 0.717) is 25.9 Å². The third-order valence-electron chi connectivity index (χ3n) is 7.18. The van der Waals surface area contributed by atoms with E-state index in [2.05, 4.69) is 5.32 Å². The average molecular weight is 461 g/mol. The Bertz CT molecular complexity index is 880. The van der Waals surface area contributed by atoms with Crippen LogP contribution in [0.2, 0.25) is 0 Å². The number of hydrogen-bond acceptors (Lipinski definition) is 6. The number of thioether (sulfide) groups is 1. The van der Waals surface area contributed by atoms with Crippen LogP contribution in [0.3, 0.4) is 0 Å². The maximum atomic E-state index is 13.7. The van der Waals surface area contributed by atoms with Crippen LogP contribution in [-0.2, 0) is 25.7 Å². The minimum atomic E-state index is -0.631. The van der Waals surface area contributed by atoms with Crippen molar-refractivity contribution in [2.45, 2.75) is 61.6 Å². The lowest BCUT2D eigenvalue weighted by atomic mass is 9.66. The summed E-state index contributed by atoms with van der Waals surface area (Å²) >= 11 is 1.65. The monoisotopic (exact) mass is 460 g/mol. The molecule has 0 saturated carbocycles. The largest absolute Gasteiger partial charge is 0.466 e. The first-order valence-corrected chi connectivity index (χ1v) is 12.3. The van der Waals surface area contributed by atoms with E-state index < -0.39 is 27.4 Å². The molecule has 174 valence electrons. The van der Waals surface area contributed by atoms with Gasteiger partial charge in [0.15, 0.2) is 0 Å². The van der Waals surface area contributed by atoms with Gasteiger partial charge in [0, 0.05) is 24.4 Å². The highest BCUT2D eigenvalue weighted by molar-refractivity contribution is 8.02. The number of esters is 1. The zero-order valence-electron chi connectivity index (χ0n) is 18.7. The van der Waals surface area contributed by atoms with Crippen molar-refractivity contribution >= 4 is 29.5 Å². The molecule has 3 saturated heterocycles. The highest BCUT2D eigenvalue weighted by atomic mass is 32.2. The van der Waals surface area contributed by atoms with Crippen LogP contribution in [0.15, 0.2) is 30.3 Å². The van der Waals surface area contributed by atoms with Gasteiger partial charge < -0.3 is 20.1 Å². The minimum absolute atomic E-state index is 0.0414. The Morgan fingerprint density at radius 3 is 2.69 bits per heavy atom. The number of fused-ring (bicyclic) bond motifs is 1. The highest BCUT2D eigenvalue weighted by Crippen LogP contribution is 2.71. The summed E-state index contributed by atoms with van der Waals surface area (Å²) in [4.78, 5) is 41.8. The van der Waals surface area contributed by atoms with Gasteiger partial charge in [-0.3, -0.25) is 14.4 Å². The Morgan fingerprint density at radius 2 is 2.00 bits per heavy atom. The van der Waals surface area contributed by atoms with E-state index in [-0.39, 0.29) is 31.0 Å². The van der Waals surface area contributed by atoms with Crippen molar-refractivity contribution in [2.24, 2.45) is 11.8 Å². The smallest absolute Gasteiger partial charge is 0.311 e. The van der Waals surface area contributed by atoms with Gasteiger partial charge in [-0.25, -0.2) is 0 Å². The summed E-state index contributed by atoms with van der Waals surface area (Å²) in [7, 11) is 0. The molecule has 3 aliphatic rings. The first kappa shape index (κ1) is 23.1. The first-order chi connectivity index (χ1) is 15.4. The zero-order chi connectivity index (χ0) is 22.9. The van der Waals surface area contributed by atoms with Crippen molar-refractivity contribution in [3.05, 3.63) is 35.9 Å². The van der Waals surface area contributed by atoms with E-state index in [1.165, 1.54) is 0 Å². The lowest BCUT2D eigenvalue weighted by molar-refractivity contribution is -0.155. The van der Waals surface area contributed by atoms with Crippen molar-refractivity contribution in [3.8, 4) is 0 Å². The van der Waals surface area contributed by atoms with Gasteiger partial charge in [0.05, 0.1) is 23.2 Å². The van der Waals surface area contributed by atoms with Crippen molar-refractivity contribution < 1.29 is 24.2 Å². The molecule has 2 amide bonds. The first-order valence-electron chi connectivity index (χ1n) is 11.5. The number of carbonyl (C=O) groups is 3. The summed E-state index contributed by atoms with van der Waals surface area (Å²) in [6.45, 7) is 4.90. The van der Waals surface area contributed by atoms with E-state index in [4.69, 9.17) is 4.74 Å². The summed E-state index contributed by atoms with van der Waals surface area (Å²) in [6.07, 6.45) is 2.67. The number of likely N-dealkylation sites (tertiary alicyclic amines) is 1. The molecule has 1 aromatic rings. The van der Waals surface area contributed by atoms with Crippen molar-refractivity contribution in [1.29, 1.82) is 0 Å². The number of benzene rings is 1. The molecule has 1 aromatic carbocycles. The zero-order valence-corrected chi connectivity index (χ0v) is 19.5. The van der Waals surface area contributed by atoms with Gasteiger partial charge in [0.1, 0.15) is 6.04 Å². The van der Waals surface area contributed by atoms with Crippen molar-refractivity contribution in [2.75, 3.05) is 19.8 Å². The van der Waals surface area contributed by atoms with E-state index in [1.807, 2.05) is 37.3 Å². The maximum absolute atomic E-state index is 13.7. The van der Waals surface area contributed by atoms with Gasteiger partial charge in [-0.2, -0.15) is 0 Å². The van der Waals surface area contributed by atoms with Gasteiger partial charge in [-0.05, 0) is 45.1 Å². The Morgan fingerprint density at radius 1 is 1.25 bits per heavy atom. The molecule has 32 heavy (non-hydrogen) atoms. The second-order valence-corrected chi connectivity index (χ2v) is 11.0. The number of aliphatic hydroxyl groups is 1. The minimum Gasteiger partial charge on any atom is -0.466 e. The molecule has 4 rings (SSSR count). The summed E-state index contributed by atoms with van der Waals surface area (Å²) < 4.78 is 4.35. The Labute approximate surface area is 193 Å². The number of nitrogens with zero attached hydrogens (tertiary/aromatic N) is 1. The summed E-state index contributed by atoms with van der Waals surface area (Å²) in [5.74, 6) is -1.72. The fraction of sp³-hybridized carbons (Fsp3) is 0.625. The van der Waals surface area contributed by atoms with E-state index >= 15 is 0 Å². The topological polar surface area (TPSA) is 95.9 Å². The lowest BCUT2D eigenvalue weighted by Gasteiger charge is -2.34. The molecular weight excluding hydrogens is 428 g/mol. The molecule has 3 aliphatic heterocycles. The van der Waals surface area contributed by atoms with E-state index in [9.17, 15) is 19.5 Å². The molecule has 2 N–H and O–H groups in total. The van der Waals surface area contributed by atoms with Gasteiger partial charge in [0.2, 0.25) is 11.8 Å². The number of ether oxygens (including phenoxy) is 1. The third-order valence-corrected chi connectivity index (χ3v) is 9.17. The molecule has 1 spiro atoms. The van der Waals surface area contributed by atoms with Crippen LogP contribution in [0.4, 0.5) is 0 Å². The standard InChI is InChI=1S/C24H32N2O5S/c1-3-31-22(30)18-17-21(29)26(13-7-8-14-27)19(24(17)12-11-23(18,2)32-24)20(28)25-15-16-9-5-4-6-10-16/h4-6,9-10,17-19,27H,3,7-8,11-15H2,1-2H3,(H,25,28)/t17-,18-,19?,23+,24?/m0/s1. The van der Waals surface area contributed by atoms with Gasteiger partial charge >= 0.3 is 5.97 Å². The lowest BCUT2D eigenvalue weighted by Crippen LogP contribution is -2.53. The number of rotatable bonds is 9. The van der Waals surface area contributed by atoms with Crippen LogP contribution < -0.4 is 5.32 Å². The molecule has 2 unspecified atom stereocenters. The molecule has 0 aromatic heterocycles. The van der Waals surface area contributed by atoms with E-state index in [1.54, 1.807) is 23.6 Å². The van der Waals surface area contributed by atoms with Crippen LogP contribution in [0, 0.1) is 11.8 Å². The van der Waals surface area contributed by atoms with Gasteiger partial charge in [-0.15, -0.1) is 11.8 Å². The second-order valence-electron chi connectivity index (χ2n) is 9.15. The van der Waals surface area contributed by atoms with Crippen molar-refractivity contribution in [1.82, 2.24) is 10.2 Å². The Balaban J connectivity index is 1.64. The molecule has 0 aliphatic carbocycles. The van der Waals surface area contributed by atoms with Crippen LogP contribution in [0.1, 0.15) is 45.1 Å². The number of aliphatic hydroxyl groups excluding tert-OH is 1. The molecule has 2 bridgehead atoms. The molecule has 3 heterocycles. The average Bonchev–Trinajstić information content (AvgIpc) is 3.34. The van der Waals surface area contributed by atoms with Crippen LogP contribution in [0.5, 0.6) is 0 Å². The summed E-state index contributed by atoms with van der Waals surface area (Å²) in [6, 6.07) is 9.05. The van der Waals surface area contributed by atoms with Crippen LogP contribution in [0.25, 0.3) is 0 Å². The molecule has 3 fully saturated rings. The molecule has 5 atom stereocenters. The number of nitrogens with one attached hydrogen (secondary N) is 1.